The normalized spacial score (nSPS) is 20.4. The summed E-state index contributed by atoms with van der Waals surface area (Å²) in [7, 11) is 0. The summed E-state index contributed by atoms with van der Waals surface area (Å²) in [6.07, 6.45) is 5.69. The van der Waals surface area contributed by atoms with Crippen molar-refractivity contribution in [3.63, 3.8) is 0 Å². The summed E-state index contributed by atoms with van der Waals surface area (Å²) in [5.74, 6) is 0. The molecule has 0 saturated carbocycles. The molecule has 0 bridgehead atoms. The van der Waals surface area contributed by atoms with E-state index in [-0.39, 0.29) is 6.29 Å². The first-order chi connectivity index (χ1) is 8.34. The molecule has 0 amide bonds. The van der Waals surface area contributed by atoms with Crippen LogP contribution < -0.4 is 0 Å². The second-order valence-corrected chi connectivity index (χ2v) is 5.64. The average Bonchev–Trinajstić information content (AvgIpc) is 2.38. The summed E-state index contributed by atoms with van der Waals surface area (Å²) in [6.45, 7) is 1.67. The highest BCUT2D eigenvalue weighted by molar-refractivity contribution is 14.1. The van der Waals surface area contributed by atoms with Crippen LogP contribution in [0.4, 0.5) is 0 Å². The fraction of sp³-hybridized carbons (Fsp3) is 0.571. The number of ether oxygens (including phenoxy) is 2. The van der Waals surface area contributed by atoms with Gasteiger partial charge in [-0.05, 0) is 72.4 Å². The van der Waals surface area contributed by atoms with E-state index in [0.29, 0.717) is 0 Å². The Morgan fingerprint density at radius 2 is 2.06 bits per heavy atom. The Morgan fingerprint density at radius 3 is 2.76 bits per heavy atom. The Morgan fingerprint density at radius 1 is 1.24 bits per heavy atom. The van der Waals surface area contributed by atoms with E-state index in [1.54, 1.807) is 0 Å². The van der Waals surface area contributed by atoms with Gasteiger partial charge in [0.25, 0.3) is 0 Å². The molecule has 1 heterocycles. The van der Waals surface area contributed by atoms with Gasteiger partial charge in [-0.3, -0.25) is 0 Å². The molecule has 1 aliphatic heterocycles. The lowest BCUT2D eigenvalue weighted by molar-refractivity contribution is -0.162. The predicted molar refractivity (Wildman–Crippen MR) is 77.0 cm³/mol. The largest absolute Gasteiger partial charge is 0.353 e. The SMILES string of the molecule is Ic1ccc(CCCOC2CCCCO2)cc1. The van der Waals surface area contributed by atoms with Gasteiger partial charge in [-0.1, -0.05) is 12.1 Å². The van der Waals surface area contributed by atoms with E-state index in [2.05, 4.69) is 46.9 Å². The highest BCUT2D eigenvalue weighted by atomic mass is 127. The minimum atomic E-state index is 0.0560. The van der Waals surface area contributed by atoms with Crippen LogP contribution in [-0.4, -0.2) is 19.5 Å². The summed E-state index contributed by atoms with van der Waals surface area (Å²) >= 11 is 2.33. The predicted octanol–water partition coefficient (Wildman–Crippen LogP) is 3.77. The second kappa shape index (κ2) is 7.34. The molecule has 94 valence electrons. The van der Waals surface area contributed by atoms with Crippen molar-refractivity contribution in [2.24, 2.45) is 0 Å². The van der Waals surface area contributed by atoms with E-state index in [1.165, 1.54) is 22.0 Å². The maximum absolute atomic E-state index is 5.70. The van der Waals surface area contributed by atoms with Crippen LogP contribution in [0.15, 0.2) is 24.3 Å². The maximum Gasteiger partial charge on any atom is 0.157 e. The number of rotatable bonds is 5. The van der Waals surface area contributed by atoms with Crippen LogP contribution in [0.1, 0.15) is 31.2 Å². The Balaban J connectivity index is 1.60. The van der Waals surface area contributed by atoms with Crippen molar-refractivity contribution in [1.82, 2.24) is 0 Å². The van der Waals surface area contributed by atoms with Crippen molar-refractivity contribution >= 4 is 22.6 Å². The van der Waals surface area contributed by atoms with Crippen molar-refractivity contribution in [2.75, 3.05) is 13.2 Å². The van der Waals surface area contributed by atoms with Crippen molar-refractivity contribution in [3.05, 3.63) is 33.4 Å². The fourth-order valence-corrected chi connectivity index (χ4v) is 2.34. The van der Waals surface area contributed by atoms with Crippen LogP contribution in [0.5, 0.6) is 0 Å². The van der Waals surface area contributed by atoms with E-state index in [9.17, 15) is 0 Å². The maximum atomic E-state index is 5.70. The van der Waals surface area contributed by atoms with Gasteiger partial charge in [0.05, 0.1) is 6.61 Å². The number of aryl methyl sites for hydroxylation is 1. The molecule has 0 N–H and O–H groups in total. The summed E-state index contributed by atoms with van der Waals surface area (Å²) < 4.78 is 12.5. The molecule has 3 heteroatoms. The quantitative estimate of drug-likeness (QED) is 0.597. The van der Waals surface area contributed by atoms with Gasteiger partial charge in [0.1, 0.15) is 0 Å². The first kappa shape index (κ1) is 13.3. The highest BCUT2D eigenvalue weighted by Gasteiger charge is 2.13. The van der Waals surface area contributed by atoms with E-state index in [0.717, 1.165) is 32.5 Å². The molecule has 0 aromatic heterocycles. The molecule has 1 aromatic carbocycles. The van der Waals surface area contributed by atoms with Gasteiger partial charge < -0.3 is 9.47 Å². The number of halogens is 1. The highest BCUT2D eigenvalue weighted by Crippen LogP contribution is 2.14. The molecule has 1 fully saturated rings. The Labute approximate surface area is 117 Å². The molecule has 1 aromatic rings. The zero-order valence-electron chi connectivity index (χ0n) is 10.0. The minimum Gasteiger partial charge on any atom is -0.353 e. The van der Waals surface area contributed by atoms with Crippen LogP contribution >= 0.6 is 22.6 Å². The minimum absolute atomic E-state index is 0.0560. The third kappa shape index (κ3) is 4.94. The molecule has 17 heavy (non-hydrogen) atoms. The topological polar surface area (TPSA) is 18.5 Å². The van der Waals surface area contributed by atoms with Crippen molar-refractivity contribution in [1.29, 1.82) is 0 Å². The van der Waals surface area contributed by atoms with Crippen molar-refractivity contribution < 1.29 is 9.47 Å². The molecule has 1 unspecified atom stereocenters. The molecule has 0 radical (unpaired) electrons. The Hall–Kier alpha value is -0.130. The fourth-order valence-electron chi connectivity index (χ4n) is 1.98. The zero-order chi connectivity index (χ0) is 11.9. The lowest BCUT2D eigenvalue weighted by atomic mass is 10.1. The van der Waals surface area contributed by atoms with Gasteiger partial charge in [-0.25, -0.2) is 0 Å². The van der Waals surface area contributed by atoms with E-state index < -0.39 is 0 Å². The monoisotopic (exact) mass is 346 g/mol. The van der Waals surface area contributed by atoms with Crippen LogP contribution in [-0.2, 0) is 15.9 Å². The summed E-state index contributed by atoms with van der Waals surface area (Å²) in [5.41, 5.74) is 1.39. The first-order valence-electron chi connectivity index (χ1n) is 6.32. The number of hydrogen-bond donors (Lipinski definition) is 0. The number of hydrogen-bond acceptors (Lipinski definition) is 2. The summed E-state index contributed by atoms with van der Waals surface area (Å²) in [5, 5.41) is 0. The van der Waals surface area contributed by atoms with Crippen LogP contribution in [0.25, 0.3) is 0 Å². The molecule has 2 nitrogen and oxygen atoms in total. The zero-order valence-corrected chi connectivity index (χ0v) is 12.2. The Bertz CT molecular complexity index is 317. The van der Waals surface area contributed by atoms with Crippen LogP contribution in [0.2, 0.25) is 0 Å². The van der Waals surface area contributed by atoms with E-state index >= 15 is 0 Å². The standard InChI is InChI=1S/C14H19IO2/c15-13-8-6-12(7-9-13)4-3-11-17-14-5-1-2-10-16-14/h6-9,14H,1-5,10-11H2. The van der Waals surface area contributed by atoms with E-state index in [1.807, 2.05) is 0 Å². The van der Waals surface area contributed by atoms with Gasteiger partial charge in [0.15, 0.2) is 6.29 Å². The molecule has 2 rings (SSSR count). The third-order valence-corrected chi connectivity index (χ3v) is 3.68. The molecule has 0 aliphatic carbocycles. The van der Waals surface area contributed by atoms with Crippen molar-refractivity contribution in [3.8, 4) is 0 Å². The van der Waals surface area contributed by atoms with Gasteiger partial charge in [-0.15, -0.1) is 0 Å². The first-order valence-corrected chi connectivity index (χ1v) is 7.40. The molecular formula is C14H19IO2. The lowest BCUT2D eigenvalue weighted by Gasteiger charge is -2.22. The molecule has 1 atom stereocenters. The number of benzene rings is 1. The van der Waals surface area contributed by atoms with Gasteiger partial charge in [0, 0.05) is 10.2 Å². The average molecular weight is 346 g/mol. The molecule has 1 aliphatic rings. The van der Waals surface area contributed by atoms with Crippen LogP contribution in [0.3, 0.4) is 0 Å². The van der Waals surface area contributed by atoms with Crippen LogP contribution in [0, 0.1) is 3.57 Å². The second-order valence-electron chi connectivity index (χ2n) is 4.40. The van der Waals surface area contributed by atoms with E-state index in [4.69, 9.17) is 9.47 Å². The summed E-state index contributed by atoms with van der Waals surface area (Å²) in [6, 6.07) is 8.69. The van der Waals surface area contributed by atoms with Gasteiger partial charge in [0.2, 0.25) is 0 Å². The van der Waals surface area contributed by atoms with Gasteiger partial charge in [-0.2, -0.15) is 0 Å². The lowest BCUT2D eigenvalue weighted by Crippen LogP contribution is -2.22. The molecule has 1 saturated heterocycles. The molecule has 0 spiro atoms. The van der Waals surface area contributed by atoms with Crippen molar-refractivity contribution in [2.45, 2.75) is 38.4 Å². The smallest absolute Gasteiger partial charge is 0.157 e. The molecular weight excluding hydrogens is 327 g/mol. The van der Waals surface area contributed by atoms with Gasteiger partial charge >= 0.3 is 0 Å². The third-order valence-electron chi connectivity index (χ3n) is 2.96. The summed E-state index contributed by atoms with van der Waals surface area (Å²) in [4.78, 5) is 0. The Kier molecular flexibility index (Phi) is 5.74.